The zero-order chi connectivity index (χ0) is 13.9. The van der Waals surface area contributed by atoms with E-state index in [0.717, 1.165) is 18.4 Å². The van der Waals surface area contributed by atoms with Crippen molar-refractivity contribution in [3.63, 3.8) is 0 Å². The molecule has 1 saturated heterocycles. The first-order valence-corrected chi connectivity index (χ1v) is 7.35. The molecule has 4 nitrogen and oxygen atoms in total. The summed E-state index contributed by atoms with van der Waals surface area (Å²) in [5.41, 5.74) is 0.236. The normalized spacial score (nSPS) is 42.2. The number of hydrogen-bond donors (Lipinski definition) is 2. The minimum absolute atomic E-state index is 0.128. The van der Waals surface area contributed by atoms with Gasteiger partial charge in [-0.3, -0.25) is 9.69 Å². The Hall–Kier alpha value is -1.39. The Morgan fingerprint density at radius 3 is 2.70 bits per heavy atom. The highest BCUT2D eigenvalue weighted by molar-refractivity contribution is 5.81. The Kier molecular flexibility index (Phi) is 2.51. The van der Waals surface area contributed by atoms with Crippen LogP contribution in [0.4, 0.5) is 0 Å². The van der Waals surface area contributed by atoms with Gasteiger partial charge < -0.3 is 10.2 Å². The minimum atomic E-state index is -0.831. The van der Waals surface area contributed by atoms with Crippen molar-refractivity contribution >= 4 is 5.97 Å². The second-order valence-electron chi connectivity index (χ2n) is 6.57. The topological polar surface area (TPSA) is 60.8 Å². The molecule has 0 aromatic heterocycles. The minimum Gasteiger partial charge on any atom is -0.480 e. The van der Waals surface area contributed by atoms with E-state index in [4.69, 9.17) is 0 Å². The molecule has 3 aliphatic rings. The molecule has 1 aromatic carbocycles. The fourth-order valence-corrected chi connectivity index (χ4v) is 5.00. The molecule has 5 unspecified atom stereocenters. The average Bonchev–Trinajstić information content (AvgIpc) is 3.05. The average molecular weight is 273 g/mol. The van der Waals surface area contributed by atoms with Crippen LogP contribution in [0.3, 0.4) is 0 Å². The Balaban J connectivity index is 1.72. The van der Waals surface area contributed by atoms with Gasteiger partial charge in [-0.05, 0) is 36.7 Å². The van der Waals surface area contributed by atoms with Crippen LogP contribution in [0.15, 0.2) is 30.3 Å². The fraction of sp³-hybridized carbons (Fsp3) is 0.562. The summed E-state index contributed by atoms with van der Waals surface area (Å²) in [4.78, 5) is 13.8. The number of hydrogen-bond acceptors (Lipinski definition) is 3. The first kappa shape index (κ1) is 12.4. The maximum Gasteiger partial charge on any atom is 0.324 e. The summed E-state index contributed by atoms with van der Waals surface area (Å²) in [5, 5.41) is 20.4. The zero-order valence-corrected chi connectivity index (χ0v) is 11.3. The SMILES string of the molecule is O=C(O)C12CC3CC(C(O)N1Cc1ccccc1)C2C3. The van der Waals surface area contributed by atoms with Crippen LogP contribution in [0.1, 0.15) is 24.8 Å². The summed E-state index contributed by atoms with van der Waals surface area (Å²) < 4.78 is 0. The number of rotatable bonds is 3. The van der Waals surface area contributed by atoms with Crippen LogP contribution < -0.4 is 0 Å². The Morgan fingerprint density at radius 2 is 2.05 bits per heavy atom. The van der Waals surface area contributed by atoms with Gasteiger partial charge in [0.05, 0.1) is 0 Å². The van der Waals surface area contributed by atoms with E-state index in [-0.39, 0.29) is 11.8 Å². The van der Waals surface area contributed by atoms with Crippen LogP contribution in [-0.4, -0.2) is 32.8 Å². The predicted molar refractivity (Wildman–Crippen MR) is 72.7 cm³/mol. The maximum absolute atomic E-state index is 12.0. The summed E-state index contributed by atoms with van der Waals surface area (Å²) >= 11 is 0. The lowest BCUT2D eigenvalue weighted by atomic mass is 9.78. The van der Waals surface area contributed by atoms with Gasteiger partial charge in [-0.15, -0.1) is 0 Å². The third-order valence-corrected chi connectivity index (χ3v) is 5.70. The molecule has 5 atom stereocenters. The van der Waals surface area contributed by atoms with Gasteiger partial charge in [-0.1, -0.05) is 30.3 Å². The molecular formula is C16H19NO3. The van der Waals surface area contributed by atoms with Crippen LogP contribution >= 0.6 is 0 Å². The van der Waals surface area contributed by atoms with E-state index in [2.05, 4.69) is 0 Å². The number of nitrogens with zero attached hydrogens (tertiary/aromatic N) is 1. The Morgan fingerprint density at radius 1 is 1.30 bits per heavy atom. The van der Waals surface area contributed by atoms with Crippen molar-refractivity contribution in [1.82, 2.24) is 4.90 Å². The maximum atomic E-state index is 12.0. The lowest BCUT2D eigenvalue weighted by Crippen LogP contribution is -2.53. The van der Waals surface area contributed by atoms with Gasteiger partial charge in [-0.2, -0.15) is 0 Å². The predicted octanol–water partition coefficient (Wildman–Crippen LogP) is 1.69. The van der Waals surface area contributed by atoms with Crippen molar-refractivity contribution in [2.24, 2.45) is 17.8 Å². The summed E-state index contributed by atoms with van der Waals surface area (Å²) in [6.07, 6.45) is 2.06. The molecule has 0 amide bonds. The van der Waals surface area contributed by atoms with Gasteiger partial charge in [-0.25, -0.2) is 0 Å². The summed E-state index contributed by atoms with van der Waals surface area (Å²) in [7, 11) is 0. The number of fused-ring (bicyclic) bond motifs is 1. The van der Waals surface area contributed by atoms with Gasteiger partial charge >= 0.3 is 5.97 Å². The van der Waals surface area contributed by atoms with Crippen molar-refractivity contribution in [1.29, 1.82) is 0 Å². The molecule has 4 heteroatoms. The van der Waals surface area contributed by atoms with Crippen molar-refractivity contribution in [3.05, 3.63) is 35.9 Å². The van der Waals surface area contributed by atoms with Gasteiger partial charge in [0.15, 0.2) is 0 Å². The molecular weight excluding hydrogens is 254 g/mol. The standard InChI is InChI=1S/C16H19NO3/c18-14-12-6-11-7-13(12)16(8-11,15(19)20)17(14)9-10-4-2-1-3-5-10/h1-5,11-14,18H,6-9H2,(H,19,20). The summed E-state index contributed by atoms with van der Waals surface area (Å²) in [5.74, 6) is 0.0102. The number of carbonyl (C=O) groups is 1. The number of aliphatic hydroxyl groups is 1. The first-order valence-electron chi connectivity index (χ1n) is 7.35. The van der Waals surface area contributed by atoms with E-state index in [0.29, 0.717) is 18.9 Å². The molecule has 2 saturated carbocycles. The second kappa shape index (κ2) is 4.06. The number of benzene rings is 1. The Bertz CT molecular complexity index is 546. The lowest BCUT2D eigenvalue weighted by Gasteiger charge is -2.36. The third kappa shape index (κ3) is 1.41. The lowest BCUT2D eigenvalue weighted by molar-refractivity contribution is -0.156. The molecule has 1 heterocycles. The molecule has 0 radical (unpaired) electrons. The second-order valence-corrected chi connectivity index (χ2v) is 6.57. The van der Waals surface area contributed by atoms with Gasteiger partial charge in [0.25, 0.3) is 0 Å². The van der Waals surface area contributed by atoms with Crippen molar-refractivity contribution < 1.29 is 15.0 Å². The summed E-state index contributed by atoms with van der Waals surface area (Å²) in [6, 6.07) is 9.85. The van der Waals surface area contributed by atoms with Crippen LogP contribution in [0.5, 0.6) is 0 Å². The largest absolute Gasteiger partial charge is 0.480 e. The van der Waals surface area contributed by atoms with Crippen LogP contribution in [-0.2, 0) is 11.3 Å². The first-order chi connectivity index (χ1) is 9.63. The molecule has 1 aliphatic heterocycles. The van der Waals surface area contributed by atoms with Crippen molar-refractivity contribution in [2.75, 3.05) is 0 Å². The van der Waals surface area contributed by atoms with E-state index in [9.17, 15) is 15.0 Å². The highest BCUT2D eigenvalue weighted by atomic mass is 16.4. The van der Waals surface area contributed by atoms with Gasteiger partial charge in [0.1, 0.15) is 11.8 Å². The van der Waals surface area contributed by atoms with E-state index in [1.807, 2.05) is 35.2 Å². The van der Waals surface area contributed by atoms with Gasteiger partial charge in [0.2, 0.25) is 0 Å². The number of carboxylic acid groups (broad SMARTS) is 1. The van der Waals surface area contributed by atoms with E-state index >= 15 is 0 Å². The molecule has 1 aromatic rings. The molecule has 3 fully saturated rings. The molecule has 0 spiro atoms. The van der Waals surface area contributed by atoms with E-state index < -0.39 is 17.7 Å². The molecule has 2 bridgehead atoms. The number of likely N-dealkylation sites (tertiary alicyclic amines) is 1. The molecule has 20 heavy (non-hydrogen) atoms. The molecule has 106 valence electrons. The molecule has 4 rings (SSSR count). The fourth-order valence-electron chi connectivity index (χ4n) is 5.00. The third-order valence-electron chi connectivity index (χ3n) is 5.70. The highest BCUT2D eigenvalue weighted by Gasteiger charge is 2.70. The van der Waals surface area contributed by atoms with Gasteiger partial charge in [0, 0.05) is 12.5 Å². The zero-order valence-electron chi connectivity index (χ0n) is 11.3. The smallest absolute Gasteiger partial charge is 0.324 e. The van der Waals surface area contributed by atoms with Crippen molar-refractivity contribution in [2.45, 2.75) is 37.6 Å². The number of carboxylic acids is 1. The van der Waals surface area contributed by atoms with Crippen LogP contribution in [0, 0.1) is 17.8 Å². The summed E-state index contributed by atoms with van der Waals surface area (Å²) in [6.45, 7) is 0.522. The van der Waals surface area contributed by atoms with E-state index in [1.165, 1.54) is 0 Å². The quantitative estimate of drug-likeness (QED) is 0.880. The molecule has 2 aliphatic carbocycles. The monoisotopic (exact) mass is 273 g/mol. The Labute approximate surface area is 118 Å². The highest BCUT2D eigenvalue weighted by Crippen LogP contribution is 2.63. The number of aliphatic hydroxyl groups excluding tert-OH is 1. The molecule has 2 N–H and O–H groups in total. The van der Waals surface area contributed by atoms with E-state index in [1.54, 1.807) is 0 Å². The van der Waals surface area contributed by atoms with Crippen LogP contribution in [0.25, 0.3) is 0 Å². The van der Waals surface area contributed by atoms with Crippen LogP contribution in [0.2, 0.25) is 0 Å². The van der Waals surface area contributed by atoms with Crippen molar-refractivity contribution in [3.8, 4) is 0 Å². The number of aliphatic carboxylic acids is 1.